The summed E-state index contributed by atoms with van der Waals surface area (Å²) in [4.78, 5) is 39.4. The predicted molar refractivity (Wildman–Crippen MR) is 106 cm³/mol. The highest BCUT2D eigenvalue weighted by Gasteiger charge is 2.34. The zero-order valence-electron chi connectivity index (χ0n) is 16.6. The molecule has 1 unspecified atom stereocenters. The first-order valence-electron chi connectivity index (χ1n) is 10.4. The van der Waals surface area contributed by atoms with Gasteiger partial charge >= 0.3 is 0 Å². The molecule has 1 aromatic carbocycles. The molecular weight excluding hydrogens is 356 g/mol. The largest absolute Gasteiger partial charge is 0.497 e. The number of hydrogen-bond donors (Lipinski definition) is 1. The number of benzene rings is 1. The van der Waals surface area contributed by atoms with Gasteiger partial charge < -0.3 is 15.0 Å². The molecule has 3 rings (SSSR count). The lowest BCUT2D eigenvalue weighted by atomic mass is 9.95. The van der Waals surface area contributed by atoms with E-state index in [0.29, 0.717) is 24.3 Å². The number of methoxy groups -OCH3 is 1. The molecule has 1 saturated heterocycles. The molecule has 152 valence electrons. The summed E-state index contributed by atoms with van der Waals surface area (Å²) in [6.07, 6.45) is 7.41. The van der Waals surface area contributed by atoms with Gasteiger partial charge in [-0.25, -0.2) is 0 Å². The Kier molecular flexibility index (Phi) is 7.06. The van der Waals surface area contributed by atoms with Crippen molar-refractivity contribution in [2.24, 2.45) is 0 Å². The molecule has 0 spiro atoms. The van der Waals surface area contributed by atoms with E-state index in [4.69, 9.17) is 4.74 Å². The normalized spacial score (nSPS) is 20.0. The summed E-state index contributed by atoms with van der Waals surface area (Å²) >= 11 is 0. The Morgan fingerprint density at radius 2 is 1.86 bits per heavy atom. The number of amides is 2. The second kappa shape index (κ2) is 9.71. The maximum absolute atomic E-state index is 12.7. The van der Waals surface area contributed by atoms with Crippen LogP contribution >= 0.6 is 0 Å². The van der Waals surface area contributed by atoms with Crippen LogP contribution in [0.5, 0.6) is 5.75 Å². The van der Waals surface area contributed by atoms with E-state index >= 15 is 0 Å². The van der Waals surface area contributed by atoms with E-state index in [9.17, 15) is 14.4 Å². The number of carbonyl (C=O) groups is 3. The fourth-order valence-corrected chi connectivity index (χ4v) is 4.19. The zero-order chi connectivity index (χ0) is 19.9. The first kappa shape index (κ1) is 20.4. The van der Waals surface area contributed by atoms with Crippen LogP contribution in [0.25, 0.3) is 0 Å². The van der Waals surface area contributed by atoms with E-state index in [1.165, 1.54) is 6.42 Å². The molecule has 1 aliphatic heterocycles. The van der Waals surface area contributed by atoms with Crippen molar-refractivity contribution in [3.05, 3.63) is 29.8 Å². The van der Waals surface area contributed by atoms with Crippen molar-refractivity contribution in [1.29, 1.82) is 0 Å². The summed E-state index contributed by atoms with van der Waals surface area (Å²) in [6.45, 7) is 0.592. The number of carbonyl (C=O) groups excluding carboxylic acids is 3. The molecule has 0 bridgehead atoms. The van der Waals surface area contributed by atoms with Gasteiger partial charge in [-0.3, -0.25) is 14.4 Å². The summed E-state index contributed by atoms with van der Waals surface area (Å²) in [7, 11) is 1.55. The van der Waals surface area contributed by atoms with E-state index < -0.39 is 0 Å². The van der Waals surface area contributed by atoms with Crippen LogP contribution in [0.3, 0.4) is 0 Å². The minimum Gasteiger partial charge on any atom is -0.497 e. The lowest BCUT2D eigenvalue weighted by Gasteiger charge is -2.28. The van der Waals surface area contributed by atoms with Gasteiger partial charge in [0, 0.05) is 31.0 Å². The monoisotopic (exact) mass is 386 g/mol. The van der Waals surface area contributed by atoms with Crippen molar-refractivity contribution in [1.82, 2.24) is 10.2 Å². The number of rotatable bonds is 7. The molecule has 1 N–H and O–H groups in total. The Hall–Kier alpha value is -2.37. The van der Waals surface area contributed by atoms with Crippen LogP contribution in [-0.2, 0) is 9.59 Å². The Morgan fingerprint density at radius 3 is 2.61 bits per heavy atom. The number of hydrogen-bond acceptors (Lipinski definition) is 4. The van der Waals surface area contributed by atoms with Gasteiger partial charge in [-0.2, -0.15) is 0 Å². The minimum atomic E-state index is -0.388. The smallest absolute Gasteiger partial charge is 0.243 e. The predicted octanol–water partition coefficient (Wildman–Crippen LogP) is 3.10. The van der Waals surface area contributed by atoms with Crippen LogP contribution in [0.15, 0.2) is 24.3 Å². The van der Waals surface area contributed by atoms with Crippen molar-refractivity contribution in [3.63, 3.8) is 0 Å². The second-order valence-electron chi connectivity index (χ2n) is 7.74. The van der Waals surface area contributed by atoms with Crippen LogP contribution in [0, 0.1) is 0 Å². The number of Topliss-reactive ketones (excluding diaryl/α,β-unsaturated/α-hetero) is 1. The van der Waals surface area contributed by atoms with Gasteiger partial charge in [-0.15, -0.1) is 0 Å². The highest BCUT2D eigenvalue weighted by molar-refractivity contribution is 5.98. The van der Waals surface area contributed by atoms with Crippen LogP contribution in [0.4, 0.5) is 0 Å². The number of likely N-dealkylation sites (tertiary alicyclic amines) is 1. The van der Waals surface area contributed by atoms with Crippen molar-refractivity contribution in [2.75, 3.05) is 13.7 Å². The Bertz CT molecular complexity index is 712. The van der Waals surface area contributed by atoms with Gasteiger partial charge in [0.1, 0.15) is 11.8 Å². The summed E-state index contributed by atoms with van der Waals surface area (Å²) in [5, 5.41) is 3.14. The molecule has 2 amide bonds. The number of nitrogens with one attached hydrogen (secondary N) is 1. The van der Waals surface area contributed by atoms with Crippen LogP contribution in [-0.4, -0.2) is 48.2 Å². The number of nitrogens with zero attached hydrogens (tertiary/aromatic N) is 1. The molecule has 1 aliphatic carbocycles. The van der Waals surface area contributed by atoms with Crippen LogP contribution in [0.1, 0.15) is 68.1 Å². The Morgan fingerprint density at radius 1 is 1.07 bits per heavy atom. The third kappa shape index (κ3) is 5.12. The van der Waals surface area contributed by atoms with Crippen molar-refractivity contribution >= 4 is 17.6 Å². The quantitative estimate of drug-likeness (QED) is 0.731. The van der Waals surface area contributed by atoms with Gasteiger partial charge in [0.05, 0.1) is 7.11 Å². The molecule has 6 heteroatoms. The average molecular weight is 386 g/mol. The van der Waals surface area contributed by atoms with Crippen LogP contribution < -0.4 is 10.1 Å². The van der Waals surface area contributed by atoms with E-state index in [-0.39, 0.29) is 42.5 Å². The molecule has 2 aliphatic rings. The van der Waals surface area contributed by atoms with E-state index in [2.05, 4.69) is 5.32 Å². The molecular formula is C22H30N2O4. The van der Waals surface area contributed by atoms with Crippen molar-refractivity contribution in [3.8, 4) is 5.75 Å². The second-order valence-corrected chi connectivity index (χ2v) is 7.74. The number of ether oxygens (including phenoxy) is 1. The molecule has 0 aromatic heterocycles. The molecule has 28 heavy (non-hydrogen) atoms. The standard InChI is InChI=1S/C22H30N2O4/c1-28-18-10-5-7-16(15-18)20(25)12-13-21(26)24-14-6-11-19(24)22(27)23-17-8-3-2-4-9-17/h5,7,10,15,17,19H,2-4,6,8-9,11-14H2,1H3,(H,23,27). The van der Waals surface area contributed by atoms with Gasteiger partial charge in [0.25, 0.3) is 0 Å². The van der Waals surface area contributed by atoms with Crippen molar-refractivity contribution in [2.45, 2.75) is 69.9 Å². The van der Waals surface area contributed by atoms with Gasteiger partial charge in [0.2, 0.25) is 11.8 Å². The topological polar surface area (TPSA) is 75.7 Å². The molecule has 0 radical (unpaired) electrons. The van der Waals surface area contributed by atoms with Crippen molar-refractivity contribution < 1.29 is 19.1 Å². The Labute approximate surface area is 166 Å². The van der Waals surface area contributed by atoms with E-state index in [0.717, 1.165) is 32.1 Å². The molecule has 6 nitrogen and oxygen atoms in total. The third-order valence-electron chi connectivity index (χ3n) is 5.78. The van der Waals surface area contributed by atoms with E-state index in [1.54, 1.807) is 36.3 Å². The highest BCUT2D eigenvalue weighted by Crippen LogP contribution is 2.22. The molecule has 2 fully saturated rings. The fraction of sp³-hybridized carbons (Fsp3) is 0.591. The average Bonchev–Trinajstić information content (AvgIpc) is 3.22. The van der Waals surface area contributed by atoms with Gasteiger partial charge in [0.15, 0.2) is 5.78 Å². The first-order valence-corrected chi connectivity index (χ1v) is 10.4. The maximum atomic E-state index is 12.7. The SMILES string of the molecule is COc1cccc(C(=O)CCC(=O)N2CCCC2C(=O)NC2CCCCC2)c1. The van der Waals surface area contributed by atoms with Crippen LogP contribution in [0.2, 0.25) is 0 Å². The molecule has 1 atom stereocenters. The highest BCUT2D eigenvalue weighted by atomic mass is 16.5. The summed E-state index contributed by atoms with van der Waals surface area (Å²) < 4.78 is 5.14. The third-order valence-corrected chi connectivity index (χ3v) is 5.78. The zero-order valence-corrected chi connectivity index (χ0v) is 16.6. The minimum absolute atomic E-state index is 0.0307. The lowest BCUT2D eigenvalue weighted by molar-refractivity contribution is -0.138. The summed E-state index contributed by atoms with van der Waals surface area (Å²) in [6, 6.07) is 6.81. The maximum Gasteiger partial charge on any atom is 0.243 e. The molecule has 1 heterocycles. The van der Waals surface area contributed by atoms with Gasteiger partial charge in [-0.1, -0.05) is 31.4 Å². The Balaban J connectivity index is 1.52. The lowest BCUT2D eigenvalue weighted by Crippen LogP contribution is -2.49. The van der Waals surface area contributed by atoms with E-state index in [1.807, 2.05) is 0 Å². The number of ketones is 1. The fourth-order valence-electron chi connectivity index (χ4n) is 4.19. The summed E-state index contributed by atoms with van der Waals surface area (Å²) in [5.41, 5.74) is 0.542. The molecule has 1 saturated carbocycles. The molecule has 1 aromatic rings. The van der Waals surface area contributed by atoms with Gasteiger partial charge in [-0.05, 0) is 37.8 Å². The summed E-state index contributed by atoms with van der Waals surface area (Å²) in [5.74, 6) is 0.389. The first-order chi connectivity index (χ1) is 13.6.